The summed E-state index contributed by atoms with van der Waals surface area (Å²) >= 11 is 0. The summed E-state index contributed by atoms with van der Waals surface area (Å²) in [5, 5.41) is 4.36. The van der Waals surface area contributed by atoms with Gasteiger partial charge in [0.15, 0.2) is 0 Å². The average Bonchev–Trinajstić information content (AvgIpc) is 2.71. The molecule has 0 radical (unpaired) electrons. The van der Waals surface area contributed by atoms with Gasteiger partial charge < -0.3 is 10.5 Å². The van der Waals surface area contributed by atoms with Crippen LogP contribution in [0.2, 0.25) is 0 Å². The Morgan fingerprint density at radius 3 is 2.76 bits per heavy atom. The van der Waals surface area contributed by atoms with E-state index in [-0.39, 0.29) is 6.04 Å². The molecular formula is C13H24N4O3S. The maximum atomic E-state index is 12.9. The molecule has 0 bridgehead atoms. The highest BCUT2D eigenvalue weighted by atomic mass is 32.2. The van der Waals surface area contributed by atoms with Crippen LogP contribution in [0.1, 0.15) is 24.7 Å². The molecule has 0 amide bonds. The molecule has 2 N–H and O–H groups in total. The third-order valence-corrected chi connectivity index (χ3v) is 6.03. The average molecular weight is 316 g/mol. The zero-order valence-electron chi connectivity index (χ0n) is 12.9. The Kier molecular flexibility index (Phi) is 5.03. The van der Waals surface area contributed by atoms with Crippen molar-refractivity contribution in [2.75, 3.05) is 26.3 Å². The van der Waals surface area contributed by atoms with Crippen LogP contribution in [0.3, 0.4) is 0 Å². The van der Waals surface area contributed by atoms with E-state index in [2.05, 4.69) is 5.10 Å². The Morgan fingerprint density at radius 1 is 1.43 bits per heavy atom. The molecule has 0 spiro atoms. The molecule has 1 saturated heterocycles. The summed E-state index contributed by atoms with van der Waals surface area (Å²) < 4.78 is 34.4. The number of rotatable bonds is 5. The fourth-order valence-electron chi connectivity index (χ4n) is 2.70. The van der Waals surface area contributed by atoms with Gasteiger partial charge in [-0.25, -0.2) is 8.42 Å². The molecule has 0 aromatic carbocycles. The predicted octanol–water partition coefficient (Wildman–Crippen LogP) is 0.258. The number of aryl methyl sites for hydroxylation is 2. The van der Waals surface area contributed by atoms with Crippen molar-refractivity contribution in [3.8, 4) is 0 Å². The van der Waals surface area contributed by atoms with E-state index in [0.717, 1.165) is 6.42 Å². The number of hydrogen-bond donors (Lipinski definition) is 1. The SMILES string of the molecule is Cc1nn(CCCN)c(C)c1S(=O)(=O)N1CCOCC1C. The minimum Gasteiger partial charge on any atom is -0.378 e. The molecule has 0 saturated carbocycles. The van der Waals surface area contributed by atoms with Crippen LogP contribution in [0.25, 0.3) is 0 Å². The number of morpholine rings is 1. The van der Waals surface area contributed by atoms with Crippen molar-refractivity contribution in [2.24, 2.45) is 5.73 Å². The van der Waals surface area contributed by atoms with Crippen LogP contribution in [0, 0.1) is 13.8 Å². The van der Waals surface area contributed by atoms with Crippen LogP contribution in [0.4, 0.5) is 0 Å². The summed E-state index contributed by atoms with van der Waals surface area (Å²) in [7, 11) is -3.54. The van der Waals surface area contributed by atoms with Crippen LogP contribution < -0.4 is 5.73 Å². The molecule has 7 nitrogen and oxygen atoms in total. The summed E-state index contributed by atoms with van der Waals surface area (Å²) in [6.07, 6.45) is 0.773. The molecule has 1 fully saturated rings. The fourth-order valence-corrected chi connectivity index (χ4v) is 4.68. The first kappa shape index (κ1) is 16.4. The van der Waals surface area contributed by atoms with Crippen molar-refractivity contribution in [3.63, 3.8) is 0 Å². The van der Waals surface area contributed by atoms with Gasteiger partial charge in [0.2, 0.25) is 10.0 Å². The molecule has 8 heteroatoms. The highest BCUT2D eigenvalue weighted by Crippen LogP contribution is 2.26. The van der Waals surface area contributed by atoms with Gasteiger partial charge >= 0.3 is 0 Å². The summed E-state index contributed by atoms with van der Waals surface area (Å²) in [6, 6.07) is -0.157. The first-order valence-electron chi connectivity index (χ1n) is 7.23. The van der Waals surface area contributed by atoms with Crippen molar-refractivity contribution in [1.82, 2.24) is 14.1 Å². The van der Waals surface area contributed by atoms with Gasteiger partial charge in [-0.15, -0.1) is 0 Å². The molecular weight excluding hydrogens is 292 g/mol. The number of nitrogens with zero attached hydrogens (tertiary/aromatic N) is 3. The van der Waals surface area contributed by atoms with Gasteiger partial charge in [-0.1, -0.05) is 0 Å². The van der Waals surface area contributed by atoms with E-state index in [4.69, 9.17) is 10.5 Å². The van der Waals surface area contributed by atoms with Gasteiger partial charge in [0.25, 0.3) is 0 Å². The van der Waals surface area contributed by atoms with Crippen LogP contribution >= 0.6 is 0 Å². The smallest absolute Gasteiger partial charge is 0.247 e. The first-order chi connectivity index (χ1) is 9.89. The Hall–Kier alpha value is -0.960. The lowest BCUT2D eigenvalue weighted by atomic mass is 10.3. The van der Waals surface area contributed by atoms with Crippen molar-refractivity contribution in [1.29, 1.82) is 0 Å². The largest absolute Gasteiger partial charge is 0.378 e. The minimum absolute atomic E-state index is 0.157. The third kappa shape index (κ3) is 3.13. The monoisotopic (exact) mass is 316 g/mol. The van der Waals surface area contributed by atoms with E-state index in [1.807, 2.05) is 6.92 Å². The van der Waals surface area contributed by atoms with Crippen molar-refractivity contribution >= 4 is 10.0 Å². The van der Waals surface area contributed by atoms with E-state index in [1.165, 1.54) is 4.31 Å². The van der Waals surface area contributed by atoms with Gasteiger partial charge in [0, 0.05) is 19.1 Å². The van der Waals surface area contributed by atoms with Gasteiger partial charge in [0.05, 0.1) is 24.6 Å². The van der Waals surface area contributed by atoms with E-state index >= 15 is 0 Å². The first-order valence-corrected chi connectivity index (χ1v) is 8.67. The van der Waals surface area contributed by atoms with E-state index in [0.29, 0.717) is 49.1 Å². The van der Waals surface area contributed by atoms with Gasteiger partial charge in [-0.3, -0.25) is 4.68 Å². The molecule has 1 atom stereocenters. The quantitative estimate of drug-likeness (QED) is 0.841. The summed E-state index contributed by atoms with van der Waals surface area (Å²) in [5.74, 6) is 0. The van der Waals surface area contributed by atoms with Crippen molar-refractivity contribution in [3.05, 3.63) is 11.4 Å². The summed E-state index contributed by atoms with van der Waals surface area (Å²) in [4.78, 5) is 0.327. The van der Waals surface area contributed by atoms with Crippen LogP contribution in [0.15, 0.2) is 4.90 Å². The number of sulfonamides is 1. The second-order valence-electron chi connectivity index (χ2n) is 5.41. The van der Waals surface area contributed by atoms with E-state index in [1.54, 1.807) is 18.5 Å². The number of aromatic nitrogens is 2. The van der Waals surface area contributed by atoms with E-state index in [9.17, 15) is 8.42 Å². The summed E-state index contributed by atoms with van der Waals surface area (Å²) in [5.41, 5.74) is 6.74. The topological polar surface area (TPSA) is 90.5 Å². The molecule has 1 aliphatic rings. The lowest BCUT2D eigenvalue weighted by Crippen LogP contribution is -2.47. The van der Waals surface area contributed by atoms with Crippen molar-refractivity contribution in [2.45, 2.75) is 44.7 Å². The van der Waals surface area contributed by atoms with Crippen LogP contribution in [0.5, 0.6) is 0 Å². The van der Waals surface area contributed by atoms with Gasteiger partial charge in [-0.05, 0) is 33.7 Å². The molecule has 1 aliphatic heterocycles. The molecule has 1 aromatic heterocycles. The van der Waals surface area contributed by atoms with Crippen LogP contribution in [-0.2, 0) is 21.3 Å². The third-order valence-electron chi connectivity index (χ3n) is 3.76. The molecule has 1 aromatic rings. The number of ether oxygens (including phenoxy) is 1. The second kappa shape index (κ2) is 6.43. The Labute approximate surface area is 126 Å². The van der Waals surface area contributed by atoms with Gasteiger partial charge in [-0.2, -0.15) is 9.40 Å². The standard InChI is InChI=1S/C13H24N4O3S/c1-10-9-20-8-7-17(10)21(18,19)13-11(2)15-16(12(13)3)6-4-5-14/h10H,4-9,14H2,1-3H3. The minimum atomic E-state index is -3.54. The molecule has 120 valence electrons. The highest BCUT2D eigenvalue weighted by Gasteiger charge is 2.35. The fraction of sp³-hybridized carbons (Fsp3) is 0.769. The highest BCUT2D eigenvalue weighted by molar-refractivity contribution is 7.89. The van der Waals surface area contributed by atoms with E-state index < -0.39 is 10.0 Å². The summed E-state index contributed by atoms with van der Waals surface area (Å²) in [6.45, 7) is 7.84. The lowest BCUT2D eigenvalue weighted by molar-refractivity contribution is 0.0392. The Balaban J connectivity index is 2.38. The zero-order valence-corrected chi connectivity index (χ0v) is 13.7. The Bertz CT molecular complexity index is 597. The molecule has 21 heavy (non-hydrogen) atoms. The zero-order chi connectivity index (χ0) is 15.6. The molecule has 1 unspecified atom stereocenters. The second-order valence-corrected chi connectivity index (χ2v) is 7.23. The lowest BCUT2D eigenvalue weighted by Gasteiger charge is -2.32. The maximum absolute atomic E-state index is 12.9. The van der Waals surface area contributed by atoms with Crippen molar-refractivity contribution < 1.29 is 13.2 Å². The van der Waals surface area contributed by atoms with Crippen LogP contribution in [-0.4, -0.2) is 54.8 Å². The van der Waals surface area contributed by atoms with Gasteiger partial charge in [0.1, 0.15) is 4.90 Å². The molecule has 2 rings (SSSR count). The number of hydrogen-bond acceptors (Lipinski definition) is 5. The normalized spacial score (nSPS) is 20.9. The number of nitrogens with two attached hydrogens (primary N) is 1. The molecule has 2 heterocycles. The molecule has 0 aliphatic carbocycles. The Morgan fingerprint density at radius 2 is 2.14 bits per heavy atom. The maximum Gasteiger partial charge on any atom is 0.247 e. The predicted molar refractivity (Wildman–Crippen MR) is 79.5 cm³/mol.